The molecule has 0 aliphatic heterocycles. The van der Waals surface area contributed by atoms with Gasteiger partial charge in [-0.1, -0.05) is 0 Å². The molecule has 1 unspecified atom stereocenters. The van der Waals surface area contributed by atoms with Gasteiger partial charge < -0.3 is 10.0 Å². The van der Waals surface area contributed by atoms with Gasteiger partial charge in [0.05, 0.1) is 15.9 Å². The van der Waals surface area contributed by atoms with Gasteiger partial charge >= 0.3 is 29.6 Å². The maximum absolute atomic E-state index is 9.96. The van der Waals surface area contributed by atoms with Crippen LogP contribution in [-0.2, 0) is 10.1 Å². The quantitative estimate of drug-likeness (QED) is 0.293. The Balaban J connectivity index is -0.000000320. The van der Waals surface area contributed by atoms with Crippen molar-refractivity contribution in [2.24, 2.45) is 0 Å². The molecule has 0 amide bonds. The van der Waals surface area contributed by atoms with Crippen molar-refractivity contribution >= 4 is 35.4 Å². The summed E-state index contributed by atoms with van der Waals surface area (Å²) >= 11 is 7.52. The minimum absolute atomic E-state index is 0. The zero-order valence-corrected chi connectivity index (χ0v) is 10.6. The molecule has 0 aliphatic carbocycles. The van der Waals surface area contributed by atoms with E-state index in [1.54, 1.807) is 0 Å². The molecule has 0 radical (unpaired) electrons. The minimum atomic E-state index is -4.11. The zero-order valence-electron chi connectivity index (χ0n) is 6.02. The summed E-state index contributed by atoms with van der Waals surface area (Å²) in [7, 11) is -4.11. The third kappa shape index (κ3) is 14.4. The average molecular weight is 228 g/mol. The summed E-state index contributed by atoms with van der Waals surface area (Å²) in [5.74, 6) is -0.149. The Morgan fingerprint density at radius 3 is 1.91 bits per heavy atom. The van der Waals surface area contributed by atoms with Crippen molar-refractivity contribution in [3.05, 3.63) is 0 Å². The molecular formula is C3H9NaO4S3. The Kier molecular flexibility index (Phi) is 13.7. The molecule has 0 aromatic heterocycles. The fourth-order valence-electron chi connectivity index (χ4n) is 0.288. The van der Waals surface area contributed by atoms with E-state index in [1.165, 1.54) is 0 Å². The van der Waals surface area contributed by atoms with Crippen molar-refractivity contribution in [1.29, 1.82) is 0 Å². The van der Waals surface area contributed by atoms with Crippen LogP contribution in [-0.4, -0.2) is 35.2 Å². The number of rotatable bonds is 3. The summed E-state index contributed by atoms with van der Waals surface area (Å²) in [4.78, 5) is 0. The maximum atomic E-state index is 9.96. The fourth-order valence-corrected chi connectivity index (χ4v) is 1.73. The summed E-state index contributed by atoms with van der Waals surface area (Å²) in [6, 6.07) is 0. The van der Waals surface area contributed by atoms with Crippen molar-refractivity contribution in [2.75, 3.05) is 11.5 Å². The first-order valence-electron chi connectivity index (χ1n) is 2.18. The predicted molar refractivity (Wildman–Crippen MR) is 44.8 cm³/mol. The maximum Gasteiger partial charge on any atom is 1.00 e. The fraction of sp³-hybridized carbons (Fsp3) is 1.00. The molecular weight excluding hydrogens is 219 g/mol. The van der Waals surface area contributed by atoms with Crippen molar-refractivity contribution in [1.82, 2.24) is 0 Å². The summed E-state index contributed by atoms with van der Waals surface area (Å²) in [6.45, 7) is 0. The van der Waals surface area contributed by atoms with Crippen molar-refractivity contribution in [3.8, 4) is 0 Å². The Hall–Kier alpha value is 1.57. The Morgan fingerprint density at radius 2 is 1.82 bits per heavy atom. The first kappa shape index (κ1) is 18.4. The molecule has 0 bridgehead atoms. The van der Waals surface area contributed by atoms with Gasteiger partial charge in [-0.15, -0.1) is 0 Å². The number of hydrogen-bond donors (Lipinski definition) is 2. The molecule has 0 rings (SSSR count). The van der Waals surface area contributed by atoms with Gasteiger partial charge in [-0.05, 0) is 0 Å². The molecule has 0 aromatic rings. The van der Waals surface area contributed by atoms with Crippen LogP contribution >= 0.6 is 25.3 Å². The molecule has 0 spiro atoms. The van der Waals surface area contributed by atoms with Crippen molar-refractivity contribution in [3.63, 3.8) is 0 Å². The van der Waals surface area contributed by atoms with Gasteiger partial charge in [0, 0.05) is 11.0 Å². The predicted octanol–water partition coefficient (Wildman–Crippen LogP) is -4.06. The van der Waals surface area contributed by atoms with E-state index in [1.807, 2.05) is 0 Å². The Morgan fingerprint density at radius 1 is 1.45 bits per heavy atom. The Labute approximate surface area is 99.3 Å². The molecule has 4 nitrogen and oxygen atoms in total. The molecule has 0 saturated heterocycles. The van der Waals surface area contributed by atoms with E-state index >= 15 is 0 Å². The van der Waals surface area contributed by atoms with Gasteiger partial charge in [-0.25, -0.2) is 8.42 Å². The molecule has 0 heterocycles. The molecule has 2 N–H and O–H groups in total. The van der Waals surface area contributed by atoms with Crippen molar-refractivity contribution < 1.29 is 48.0 Å². The van der Waals surface area contributed by atoms with E-state index in [0.717, 1.165) is 0 Å². The zero-order chi connectivity index (χ0) is 7.49. The van der Waals surface area contributed by atoms with Crippen molar-refractivity contribution in [2.45, 2.75) is 5.25 Å². The third-order valence-electron chi connectivity index (χ3n) is 0.607. The normalized spacial score (nSPS) is 12.6. The van der Waals surface area contributed by atoms with Crippen LogP contribution in [0.1, 0.15) is 0 Å². The van der Waals surface area contributed by atoms with Crippen LogP contribution in [0.25, 0.3) is 0 Å². The number of thiol groups is 2. The number of hydrogen-bond acceptors (Lipinski definition) is 5. The molecule has 0 aliphatic rings. The molecule has 0 fully saturated rings. The summed E-state index contributed by atoms with van der Waals surface area (Å²) in [5.41, 5.74) is 0. The topological polar surface area (TPSA) is 88.7 Å². The van der Waals surface area contributed by atoms with E-state index in [-0.39, 0.29) is 35.0 Å². The summed E-state index contributed by atoms with van der Waals surface area (Å²) < 4.78 is 29.9. The van der Waals surface area contributed by atoms with E-state index in [4.69, 9.17) is 0 Å². The van der Waals surface area contributed by atoms with Crippen LogP contribution in [0.5, 0.6) is 0 Å². The summed E-state index contributed by atoms with van der Waals surface area (Å²) in [5, 5.41) is -0.448. The standard InChI is InChI=1S/C3H8O3S3.Na.H2O/c4-9(5,6)2-3(8)1-7;;/h3,7-8H,1-2H2,(H,4,5,6);;1H2/q;+1;/p-1. The van der Waals surface area contributed by atoms with Crippen LogP contribution in [0.4, 0.5) is 0 Å². The molecule has 64 valence electrons. The Bertz CT molecular complexity index is 167. The van der Waals surface area contributed by atoms with E-state index in [9.17, 15) is 13.0 Å². The second-order valence-corrected chi connectivity index (χ2v) is 4.10. The van der Waals surface area contributed by atoms with Crippen LogP contribution in [0.15, 0.2) is 0 Å². The minimum Gasteiger partial charge on any atom is -0.748 e. The molecule has 0 aromatic carbocycles. The van der Waals surface area contributed by atoms with Gasteiger partial charge in [0.2, 0.25) is 0 Å². The third-order valence-corrected chi connectivity index (χ3v) is 2.76. The smallest absolute Gasteiger partial charge is 0.748 e. The van der Waals surface area contributed by atoms with Crippen LogP contribution in [0.2, 0.25) is 0 Å². The largest absolute Gasteiger partial charge is 1.00 e. The van der Waals surface area contributed by atoms with E-state index in [2.05, 4.69) is 25.3 Å². The van der Waals surface area contributed by atoms with E-state index < -0.39 is 21.1 Å². The monoisotopic (exact) mass is 228 g/mol. The molecule has 1 atom stereocenters. The van der Waals surface area contributed by atoms with Gasteiger partial charge in [-0.2, -0.15) is 25.3 Å². The first-order chi connectivity index (χ1) is 3.95. The first-order valence-corrected chi connectivity index (χ1v) is 4.91. The van der Waals surface area contributed by atoms with Gasteiger partial charge in [0.25, 0.3) is 0 Å². The second kappa shape index (κ2) is 8.18. The van der Waals surface area contributed by atoms with Crippen LogP contribution in [0.3, 0.4) is 0 Å². The average Bonchev–Trinajstić information content (AvgIpc) is 1.62. The van der Waals surface area contributed by atoms with Gasteiger partial charge in [0.1, 0.15) is 0 Å². The molecule has 11 heavy (non-hydrogen) atoms. The summed E-state index contributed by atoms with van der Waals surface area (Å²) in [6.07, 6.45) is 0. The molecule has 0 saturated carbocycles. The molecule has 8 heteroatoms. The van der Waals surface area contributed by atoms with E-state index in [0.29, 0.717) is 5.75 Å². The van der Waals surface area contributed by atoms with Crippen LogP contribution in [0, 0.1) is 0 Å². The SMILES string of the molecule is O.O=S(=O)([O-])CC(S)CS.[Na+]. The van der Waals surface area contributed by atoms with Gasteiger partial charge in [-0.3, -0.25) is 0 Å². The second-order valence-electron chi connectivity index (χ2n) is 1.56. The van der Waals surface area contributed by atoms with Crippen LogP contribution < -0.4 is 29.6 Å². The van der Waals surface area contributed by atoms with Gasteiger partial charge in [0.15, 0.2) is 0 Å².